The van der Waals surface area contributed by atoms with Crippen LogP contribution in [0.2, 0.25) is 0 Å². The van der Waals surface area contributed by atoms with Crippen molar-refractivity contribution in [3.05, 3.63) is 35.6 Å². The van der Waals surface area contributed by atoms with E-state index in [1.54, 1.807) is 17.5 Å². The van der Waals surface area contributed by atoms with E-state index in [1.807, 2.05) is 29.5 Å². The van der Waals surface area contributed by atoms with Gasteiger partial charge in [0.05, 0.1) is 17.6 Å². The number of thiazole rings is 1. The van der Waals surface area contributed by atoms with Crippen molar-refractivity contribution in [2.24, 2.45) is 0 Å². The van der Waals surface area contributed by atoms with Gasteiger partial charge in [0.15, 0.2) is 4.34 Å². The molecule has 0 unspecified atom stereocenters. The van der Waals surface area contributed by atoms with Gasteiger partial charge in [-0.15, -0.1) is 11.3 Å². The second-order valence-electron chi connectivity index (χ2n) is 5.12. The molecule has 0 aromatic carbocycles. The molecule has 1 saturated heterocycles. The number of carbonyl (C=O) groups excluding carboxylic acids is 1. The molecule has 2 aromatic heterocycles. The predicted molar refractivity (Wildman–Crippen MR) is 90.6 cm³/mol. The number of hydrogen-bond acceptors (Lipinski definition) is 6. The Morgan fingerprint density at radius 3 is 2.82 bits per heavy atom. The zero-order valence-electron chi connectivity index (χ0n) is 12.4. The Morgan fingerprint density at radius 2 is 2.18 bits per heavy atom. The second kappa shape index (κ2) is 7.11. The van der Waals surface area contributed by atoms with Gasteiger partial charge in [-0.25, -0.2) is 4.98 Å². The first-order valence-corrected chi connectivity index (χ1v) is 9.06. The fourth-order valence-corrected chi connectivity index (χ4v) is 4.12. The van der Waals surface area contributed by atoms with E-state index in [9.17, 15) is 4.79 Å². The van der Waals surface area contributed by atoms with Gasteiger partial charge in [-0.2, -0.15) is 0 Å². The zero-order valence-corrected chi connectivity index (χ0v) is 14.1. The maximum Gasteiger partial charge on any atom is 0.233 e. The summed E-state index contributed by atoms with van der Waals surface area (Å²) in [6, 6.07) is 4.00. The van der Waals surface area contributed by atoms with Crippen LogP contribution in [0, 0.1) is 6.92 Å². The summed E-state index contributed by atoms with van der Waals surface area (Å²) in [5.74, 6) is 0.670. The van der Waals surface area contributed by atoms with E-state index in [-0.39, 0.29) is 5.91 Å². The highest BCUT2D eigenvalue weighted by atomic mass is 32.2. The smallest absolute Gasteiger partial charge is 0.233 e. The van der Waals surface area contributed by atoms with Gasteiger partial charge in [0, 0.05) is 43.4 Å². The highest BCUT2D eigenvalue weighted by Gasteiger charge is 2.21. The van der Waals surface area contributed by atoms with Gasteiger partial charge in [0.1, 0.15) is 0 Å². The van der Waals surface area contributed by atoms with Crippen LogP contribution in [0.5, 0.6) is 0 Å². The van der Waals surface area contributed by atoms with Crippen LogP contribution in [0.4, 0.5) is 5.69 Å². The summed E-state index contributed by atoms with van der Waals surface area (Å²) in [6.45, 7) is 5.23. The highest BCUT2D eigenvalue weighted by molar-refractivity contribution is 8.01. The molecule has 1 fully saturated rings. The molecule has 2 aromatic rings. The first-order valence-electron chi connectivity index (χ1n) is 7.20. The maximum atomic E-state index is 12.3. The molecule has 5 nitrogen and oxygen atoms in total. The molecule has 3 rings (SSSR count). The Hall–Kier alpha value is -1.60. The number of anilines is 1. The van der Waals surface area contributed by atoms with E-state index >= 15 is 0 Å². The molecule has 7 heteroatoms. The van der Waals surface area contributed by atoms with E-state index < -0.39 is 0 Å². The number of aromatic nitrogens is 2. The van der Waals surface area contributed by atoms with Crippen LogP contribution >= 0.6 is 23.1 Å². The lowest BCUT2D eigenvalue weighted by molar-refractivity contribution is -0.128. The Labute approximate surface area is 138 Å². The highest BCUT2D eigenvalue weighted by Crippen LogP contribution is 2.23. The lowest BCUT2D eigenvalue weighted by atomic mass is 10.3. The number of thioether (sulfide) groups is 1. The second-order valence-corrected chi connectivity index (χ2v) is 7.20. The predicted octanol–water partition coefficient (Wildman–Crippen LogP) is 2.29. The summed E-state index contributed by atoms with van der Waals surface area (Å²) in [5.41, 5.74) is 2.15. The Kier molecular flexibility index (Phi) is 4.94. The molecular weight excluding hydrogens is 316 g/mol. The number of aryl methyl sites for hydroxylation is 1. The number of amides is 1. The van der Waals surface area contributed by atoms with Crippen LogP contribution in [-0.4, -0.2) is 52.7 Å². The lowest BCUT2D eigenvalue weighted by Crippen LogP contribution is -2.49. The summed E-state index contributed by atoms with van der Waals surface area (Å²) < 4.78 is 0.972. The molecule has 0 saturated carbocycles. The lowest BCUT2D eigenvalue weighted by Gasteiger charge is -2.35. The Balaban J connectivity index is 1.47. The van der Waals surface area contributed by atoms with Crippen molar-refractivity contribution < 1.29 is 4.79 Å². The number of hydrogen-bond donors (Lipinski definition) is 0. The monoisotopic (exact) mass is 334 g/mol. The molecule has 0 atom stereocenters. The van der Waals surface area contributed by atoms with Gasteiger partial charge in [-0.05, 0) is 19.1 Å². The van der Waals surface area contributed by atoms with Crippen LogP contribution in [0.1, 0.15) is 5.69 Å². The standard InChI is InChI=1S/C15H18N4OS2/c1-12-10-21-15(17-12)22-11-14(20)19-7-5-18(6-8-19)13-3-2-4-16-9-13/h2-4,9-10H,5-8,11H2,1H3. The molecule has 0 spiro atoms. The Bertz CT molecular complexity index is 623. The Morgan fingerprint density at radius 1 is 1.36 bits per heavy atom. The molecule has 0 radical (unpaired) electrons. The van der Waals surface area contributed by atoms with Gasteiger partial charge in [-0.3, -0.25) is 9.78 Å². The molecule has 3 heterocycles. The summed E-state index contributed by atoms with van der Waals surface area (Å²) in [4.78, 5) is 25.0. The van der Waals surface area contributed by atoms with Crippen molar-refractivity contribution in [1.29, 1.82) is 0 Å². The maximum absolute atomic E-state index is 12.3. The minimum Gasteiger partial charge on any atom is -0.367 e. The fraction of sp³-hybridized carbons (Fsp3) is 0.400. The average molecular weight is 334 g/mol. The van der Waals surface area contributed by atoms with Crippen LogP contribution < -0.4 is 4.90 Å². The van der Waals surface area contributed by atoms with Crippen LogP contribution in [0.15, 0.2) is 34.2 Å². The molecule has 0 bridgehead atoms. The van der Waals surface area contributed by atoms with Gasteiger partial charge < -0.3 is 9.80 Å². The largest absolute Gasteiger partial charge is 0.367 e. The summed E-state index contributed by atoms with van der Waals surface area (Å²) in [6.07, 6.45) is 3.65. The van der Waals surface area contributed by atoms with E-state index in [0.29, 0.717) is 5.75 Å². The minimum absolute atomic E-state index is 0.198. The quantitative estimate of drug-likeness (QED) is 0.803. The average Bonchev–Trinajstić information content (AvgIpc) is 2.99. The van der Waals surface area contributed by atoms with Crippen molar-refractivity contribution >= 4 is 34.7 Å². The molecule has 116 valence electrons. The SMILES string of the molecule is Cc1csc(SCC(=O)N2CCN(c3cccnc3)CC2)n1. The number of carbonyl (C=O) groups is 1. The molecular formula is C15H18N4OS2. The zero-order chi connectivity index (χ0) is 15.4. The van der Waals surface area contributed by atoms with E-state index in [4.69, 9.17) is 0 Å². The third kappa shape index (κ3) is 3.78. The molecule has 1 aliphatic heterocycles. The summed E-state index contributed by atoms with van der Waals surface area (Å²) in [5, 5.41) is 2.01. The van der Waals surface area contributed by atoms with Crippen molar-refractivity contribution in [3.8, 4) is 0 Å². The van der Waals surface area contributed by atoms with Gasteiger partial charge in [0.2, 0.25) is 5.91 Å². The number of piperazine rings is 1. The number of nitrogens with zero attached hydrogens (tertiary/aromatic N) is 4. The first kappa shape index (κ1) is 15.3. The first-order chi connectivity index (χ1) is 10.7. The van der Waals surface area contributed by atoms with Gasteiger partial charge in [0.25, 0.3) is 0 Å². The molecule has 1 aliphatic rings. The van der Waals surface area contributed by atoms with Gasteiger partial charge >= 0.3 is 0 Å². The number of rotatable bonds is 4. The van der Waals surface area contributed by atoms with E-state index in [0.717, 1.165) is 41.9 Å². The van der Waals surface area contributed by atoms with E-state index in [2.05, 4.69) is 20.9 Å². The topological polar surface area (TPSA) is 49.3 Å². The third-order valence-electron chi connectivity index (χ3n) is 3.56. The number of pyridine rings is 1. The molecule has 0 N–H and O–H groups in total. The van der Waals surface area contributed by atoms with Crippen molar-refractivity contribution in [3.63, 3.8) is 0 Å². The molecule has 1 amide bonds. The minimum atomic E-state index is 0.198. The van der Waals surface area contributed by atoms with Crippen LogP contribution in [0.25, 0.3) is 0 Å². The van der Waals surface area contributed by atoms with Crippen molar-refractivity contribution in [2.75, 3.05) is 36.8 Å². The molecule has 22 heavy (non-hydrogen) atoms. The van der Waals surface area contributed by atoms with E-state index in [1.165, 1.54) is 11.8 Å². The normalized spacial score (nSPS) is 15.1. The van der Waals surface area contributed by atoms with Crippen molar-refractivity contribution in [1.82, 2.24) is 14.9 Å². The third-order valence-corrected chi connectivity index (χ3v) is 5.68. The molecule has 0 aliphatic carbocycles. The van der Waals surface area contributed by atoms with Crippen molar-refractivity contribution in [2.45, 2.75) is 11.3 Å². The summed E-state index contributed by atoms with van der Waals surface area (Å²) >= 11 is 3.13. The van der Waals surface area contributed by atoms with Crippen LogP contribution in [0.3, 0.4) is 0 Å². The van der Waals surface area contributed by atoms with Crippen LogP contribution in [-0.2, 0) is 4.79 Å². The fourth-order valence-electron chi connectivity index (χ4n) is 2.37. The van der Waals surface area contributed by atoms with Gasteiger partial charge in [-0.1, -0.05) is 11.8 Å². The summed E-state index contributed by atoms with van der Waals surface area (Å²) in [7, 11) is 0.